The number of aromatic nitrogens is 2. The Kier molecular flexibility index (Phi) is 4.80. The fourth-order valence-corrected chi connectivity index (χ4v) is 2.05. The van der Waals surface area contributed by atoms with E-state index in [4.69, 9.17) is 17.0 Å². The topological polar surface area (TPSA) is 91.4 Å². The second-order valence-electron chi connectivity index (χ2n) is 3.52. The summed E-state index contributed by atoms with van der Waals surface area (Å²) in [5, 5.41) is 13.0. The molecule has 0 saturated carbocycles. The highest BCUT2D eigenvalue weighted by Gasteiger charge is 2.02. The molecule has 0 radical (unpaired) electrons. The number of urea groups is 1. The van der Waals surface area contributed by atoms with E-state index in [9.17, 15) is 4.79 Å². The number of hydrogen-bond donors (Lipinski definition) is 3. The fraction of sp³-hybridized carbons (Fsp3) is 0.0909. The quantitative estimate of drug-likeness (QED) is 0.459. The minimum atomic E-state index is -0.493. The highest BCUT2D eigenvalue weighted by molar-refractivity contribution is 7.73. The van der Waals surface area contributed by atoms with Gasteiger partial charge in [-0.1, -0.05) is 11.3 Å². The van der Waals surface area contributed by atoms with Crippen molar-refractivity contribution in [1.82, 2.24) is 15.6 Å². The largest absolute Gasteiger partial charge is 0.497 e. The van der Waals surface area contributed by atoms with Gasteiger partial charge in [0, 0.05) is 0 Å². The van der Waals surface area contributed by atoms with Gasteiger partial charge in [-0.15, -0.1) is 5.10 Å². The maximum absolute atomic E-state index is 11.5. The third-order valence-corrected chi connectivity index (χ3v) is 3.16. The van der Waals surface area contributed by atoms with Crippen molar-refractivity contribution in [2.75, 3.05) is 12.4 Å². The lowest BCUT2D eigenvalue weighted by Crippen LogP contribution is -2.24. The predicted molar refractivity (Wildman–Crippen MR) is 80.0 cm³/mol. The van der Waals surface area contributed by atoms with Crippen LogP contribution in [0.25, 0.3) is 0 Å². The third-order valence-electron chi connectivity index (χ3n) is 2.15. The fourth-order valence-electron chi connectivity index (χ4n) is 1.26. The Morgan fingerprint density at radius 1 is 1.50 bits per heavy atom. The molecular weight excluding hydrogens is 298 g/mol. The molecule has 2 rings (SSSR count). The van der Waals surface area contributed by atoms with Gasteiger partial charge in [-0.25, -0.2) is 10.2 Å². The molecule has 0 bridgehead atoms. The van der Waals surface area contributed by atoms with Gasteiger partial charge in [0.1, 0.15) is 5.75 Å². The molecule has 1 heterocycles. The molecule has 3 N–H and O–H groups in total. The molecule has 7 nitrogen and oxygen atoms in total. The summed E-state index contributed by atoms with van der Waals surface area (Å²) in [5.41, 5.74) is 3.16. The number of aromatic amines is 1. The normalized spacial score (nSPS) is 10.4. The summed E-state index contributed by atoms with van der Waals surface area (Å²) >= 11 is 6.01. The van der Waals surface area contributed by atoms with Crippen LogP contribution in [0.5, 0.6) is 5.75 Å². The number of H-pyrrole nitrogens is 1. The summed E-state index contributed by atoms with van der Waals surface area (Å²) in [4.78, 5) is 11.5. The van der Waals surface area contributed by atoms with Crippen molar-refractivity contribution in [1.29, 1.82) is 0 Å². The standard InChI is InChI=1S/C11H11N5O2S2/c1-18-8-4-2-7(3-5-8)6-12-14-9(17)13-10-15-16-11(19)20-10/h2-6H,1H3,(H,16,19)(H2,13,14,15,17)/b12-6+. The average molecular weight is 309 g/mol. The molecule has 0 atom stereocenters. The number of hydrogen-bond acceptors (Lipinski definition) is 6. The monoisotopic (exact) mass is 309 g/mol. The molecule has 0 aliphatic rings. The third kappa shape index (κ3) is 4.14. The zero-order valence-corrected chi connectivity index (χ0v) is 12.0. The van der Waals surface area contributed by atoms with Gasteiger partial charge in [0.15, 0.2) is 3.95 Å². The Bertz CT molecular complexity index is 662. The molecule has 0 saturated heterocycles. The van der Waals surface area contributed by atoms with E-state index in [0.717, 1.165) is 22.6 Å². The van der Waals surface area contributed by atoms with Crippen LogP contribution in [-0.4, -0.2) is 29.6 Å². The molecule has 0 spiro atoms. The summed E-state index contributed by atoms with van der Waals surface area (Å²) < 4.78 is 5.53. The first-order valence-corrected chi connectivity index (χ1v) is 6.69. The smallest absolute Gasteiger partial charge is 0.341 e. The molecule has 9 heteroatoms. The first kappa shape index (κ1) is 14.2. The Morgan fingerprint density at radius 3 is 2.85 bits per heavy atom. The van der Waals surface area contributed by atoms with Crippen LogP contribution in [0.3, 0.4) is 0 Å². The van der Waals surface area contributed by atoms with Crippen molar-refractivity contribution in [2.24, 2.45) is 5.10 Å². The van der Waals surface area contributed by atoms with Crippen LogP contribution in [0.2, 0.25) is 0 Å². The Morgan fingerprint density at radius 2 is 2.25 bits per heavy atom. The number of carbonyl (C=O) groups excluding carboxylic acids is 1. The van der Waals surface area contributed by atoms with Crippen molar-refractivity contribution in [3.63, 3.8) is 0 Å². The molecule has 104 valence electrons. The van der Waals surface area contributed by atoms with Crippen LogP contribution in [0, 0.1) is 3.95 Å². The molecule has 20 heavy (non-hydrogen) atoms. The van der Waals surface area contributed by atoms with Gasteiger partial charge < -0.3 is 4.74 Å². The van der Waals surface area contributed by atoms with Gasteiger partial charge >= 0.3 is 6.03 Å². The number of anilines is 1. The summed E-state index contributed by atoms with van der Waals surface area (Å²) in [6, 6.07) is 6.76. The first-order valence-electron chi connectivity index (χ1n) is 5.47. The number of amides is 2. The van der Waals surface area contributed by atoms with Gasteiger partial charge in [0.2, 0.25) is 5.13 Å². The minimum absolute atomic E-state index is 0.382. The maximum atomic E-state index is 11.5. The Labute approximate surface area is 123 Å². The number of nitrogens with zero attached hydrogens (tertiary/aromatic N) is 2. The van der Waals surface area contributed by atoms with E-state index in [0.29, 0.717) is 9.09 Å². The zero-order valence-electron chi connectivity index (χ0n) is 10.4. The number of methoxy groups -OCH3 is 1. The Balaban J connectivity index is 1.85. The number of rotatable bonds is 4. The van der Waals surface area contributed by atoms with Gasteiger partial charge in [0.25, 0.3) is 0 Å². The lowest BCUT2D eigenvalue weighted by molar-refractivity contribution is 0.252. The molecule has 2 amide bonds. The van der Waals surface area contributed by atoms with Crippen LogP contribution in [-0.2, 0) is 0 Å². The van der Waals surface area contributed by atoms with Gasteiger partial charge in [-0.3, -0.25) is 10.4 Å². The van der Waals surface area contributed by atoms with Gasteiger partial charge in [0.05, 0.1) is 13.3 Å². The molecule has 2 aromatic rings. The SMILES string of the molecule is COc1ccc(/C=N/NC(=O)Nc2n[nH]c(=S)s2)cc1. The molecule has 1 aromatic heterocycles. The van der Waals surface area contributed by atoms with E-state index < -0.39 is 6.03 Å². The number of carbonyl (C=O) groups is 1. The predicted octanol–water partition coefficient (Wildman–Crippen LogP) is 2.36. The van der Waals surface area contributed by atoms with E-state index in [1.165, 1.54) is 6.21 Å². The molecular formula is C11H11N5O2S2. The van der Waals surface area contributed by atoms with Crippen LogP contribution in [0.4, 0.5) is 9.93 Å². The molecule has 0 aliphatic heterocycles. The molecule has 0 fully saturated rings. The van der Waals surface area contributed by atoms with Crippen molar-refractivity contribution >= 4 is 40.9 Å². The lowest BCUT2D eigenvalue weighted by Gasteiger charge is -2.00. The van der Waals surface area contributed by atoms with Crippen molar-refractivity contribution in [3.05, 3.63) is 33.8 Å². The highest BCUT2D eigenvalue weighted by atomic mass is 32.1. The summed E-state index contributed by atoms with van der Waals surface area (Å²) in [6.07, 6.45) is 1.52. The maximum Gasteiger partial charge on any atom is 0.341 e. The van der Waals surface area contributed by atoms with Gasteiger partial charge in [-0.05, 0) is 42.0 Å². The number of nitrogens with one attached hydrogen (secondary N) is 3. The summed E-state index contributed by atoms with van der Waals surface area (Å²) in [5.74, 6) is 0.757. The zero-order chi connectivity index (χ0) is 14.4. The van der Waals surface area contributed by atoms with Crippen LogP contribution >= 0.6 is 23.6 Å². The summed E-state index contributed by atoms with van der Waals surface area (Å²) in [7, 11) is 1.60. The lowest BCUT2D eigenvalue weighted by atomic mass is 10.2. The van der Waals surface area contributed by atoms with Gasteiger partial charge in [-0.2, -0.15) is 5.10 Å². The van der Waals surface area contributed by atoms with Crippen molar-refractivity contribution < 1.29 is 9.53 Å². The van der Waals surface area contributed by atoms with Crippen LogP contribution in [0.15, 0.2) is 29.4 Å². The van der Waals surface area contributed by atoms with Crippen LogP contribution < -0.4 is 15.5 Å². The molecule has 0 aliphatic carbocycles. The summed E-state index contributed by atoms with van der Waals surface area (Å²) in [6.45, 7) is 0. The number of benzene rings is 1. The number of hydrazone groups is 1. The first-order chi connectivity index (χ1) is 9.67. The molecule has 0 unspecified atom stereocenters. The van der Waals surface area contributed by atoms with Crippen molar-refractivity contribution in [2.45, 2.75) is 0 Å². The Hall–Kier alpha value is -2.26. The van der Waals surface area contributed by atoms with Crippen LogP contribution in [0.1, 0.15) is 5.56 Å². The molecule has 1 aromatic carbocycles. The second-order valence-corrected chi connectivity index (χ2v) is 5.18. The van der Waals surface area contributed by atoms with E-state index in [2.05, 4.69) is 26.0 Å². The van der Waals surface area contributed by atoms with E-state index in [1.54, 1.807) is 19.2 Å². The van der Waals surface area contributed by atoms with E-state index in [1.807, 2.05) is 12.1 Å². The van der Waals surface area contributed by atoms with E-state index in [-0.39, 0.29) is 0 Å². The highest BCUT2D eigenvalue weighted by Crippen LogP contribution is 2.10. The number of ether oxygens (including phenoxy) is 1. The second kappa shape index (κ2) is 6.78. The van der Waals surface area contributed by atoms with E-state index >= 15 is 0 Å². The average Bonchev–Trinajstić information content (AvgIpc) is 2.85. The minimum Gasteiger partial charge on any atom is -0.497 e. The van der Waals surface area contributed by atoms with Crippen molar-refractivity contribution in [3.8, 4) is 5.75 Å².